The lowest BCUT2D eigenvalue weighted by Gasteiger charge is -2.33. The van der Waals surface area contributed by atoms with Crippen LogP contribution in [0.25, 0.3) is 11.3 Å². The SMILES string of the molecule is N#Cc1c(N2CCCC(N)C2)cc(-c2ccccc2O)nc1N. The summed E-state index contributed by atoms with van der Waals surface area (Å²) < 4.78 is 0. The molecular weight excluding hydrogens is 290 g/mol. The highest BCUT2D eigenvalue weighted by Crippen LogP contribution is 2.34. The first-order chi connectivity index (χ1) is 11.1. The first-order valence-corrected chi connectivity index (χ1v) is 7.59. The number of nitrogen functional groups attached to an aromatic ring is 1. The Bertz CT molecular complexity index is 768. The minimum atomic E-state index is 0.0817. The van der Waals surface area contributed by atoms with E-state index in [1.54, 1.807) is 18.2 Å². The third-order valence-corrected chi connectivity index (χ3v) is 4.12. The van der Waals surface area contributed by atoms with Crippen molar-refractivity contribution in [3.8, 4) is 23.1 Å². The summed E-state index contributed by atoms with van der Waals surface area (Å²) in [4.78, 5) is 6.36. The van der Waals surface area contributed by atoms with Crippen molar-refractivity contribution in [2.45, 2.75) is 18.9 Å². The molecule has 1 aromatic heterocycles. The Kier molecular flexibility index (Phi) is 4.04. The summed E-state index contributed by atoms with van der Waals surface area (Å²) in [6.07, 6.45) is 1.95. The van der Waals surface area contributed by atoms with Gasteiger partial charge in [0.1, 0.15) is 23.2 Å². The summed E-state index contributed by atoms with van der Waals surface area (Å²) in [5, 5.41) is 19.5. The van der Waals surface area contributed by atoms with E-state index in [4.69, 9.17) is 11.5 Å². The van der Waals surface area contributed by atoms with Crippen LogP contribution in [0.2, 0.25) is 0 Å². The monoisotopic (exact) mass is 309 g/mol. The van der Waals surface area contributed by atoms with Gasteiger partial charge in [-0.25, -0.2) is 4.98 Å². The van der Waals surface area contributed by atoms with Crippen molar-refractivity contribution >= 4 is 11.5 Å². The van der Waals surface area contributed by atoms with Crippen LogP contribution in [0.1, 0.15) is 18.4 Å². The maximum Gasteiger partial charge on any atom is 0.144 e. The summed E-state index contributed by atoms with van der Waals surface area (Å²) in [6.45, 7) is 1.50. The number of benzene rings is 1. The smallest absolute Gasteiger partial charge is 0.144 e. The van der Waals surface area contributed by atoms with Gasteiger partial charge in [-0.1, -0.05) is 12.1 Å². The van der Waals surface area contributed by atoms with E-state index in [1.165, 1.54) is 0 Å². The molecule has 0 amide bonds. The Balaban J connectivity index is 2.11. The largest absolute Gasteiger partial charge is 0.507 e. The van der Waals surface area contributed by atoms with Crippen molar-refractivity contribution < 1.29 is 5.11 Å². The molecule has 118 valence electrons. The molecule has 6 nitrogen and oxygen atoms in total. The minimum Gasteiger partial charge on any atom is -0.507 e. The summed E-state index contributed by atoms with van der Waals surface area (Å²) in [5.74, 6) is 0.299. The van der Waals surface area contributed by atoms with Crippen LogP contribution in [0.4, 0.5) is 11.5 Å². The van der Waals surface area contributed by atoms with E-state index in [0.717, 1.165) is 25.1 Å². The van der Waals surface area contributed by atoms with Gasteiger partial charge in [0.15, 0.2) is 0 Å². The van der Waals surface area contributed by atoms with Gasteiger partial charge >= 0.3 is 0 Å². The Morgan fingerprint density at radius 2 is 2.13 bits per heavy atom. The zero-order chi connectivity index (χ0) is 16.4. The molecule has 23 heavy (non-hydrogen) atoms. The van der Waals surface area contributed by atoms with E-state index in [0.29, 0.717) is 23.4 Å². The van der Waals surface area contributed by atoms with Crippen LogP contribution >= 0.6 is 0 Å². The number of anilines is 2. The van der Waals surface area contributed by atoms with Crippen LogP contribution in [0.3, 0.4) is 0 Å². The molecule has 0 aliphatic carbocycles. The fraction of sp³-hybridized carbons (Fsp3) is 0.294. The van der Waals surface area contributed by atoms with Gasteiger partial charge in [0, 0.05) is 24.7 Å². The summed E-state index contributed by atoms with van der Waals surface area (Å²) in [7, 11) is 0. The topological polar surface area (TPSA) is 112 Å². The zero-order valence-corrected chi connectivity index (χ0v) is 12.7. The lowest BCUT2D eigenvalue weighted by Crippen LogP contribution is -2.43. The molecule has 1 fully saturated rings. The van der Waals surface area contributed by atoms with Gasteiger partial charge in [0.05, 0.1) is 11.4 Å². The van der Waals surface area contributed by atoms with E-state index in [-0.39, 0.29) is 17.6 Å². The fourth-order valence-corrected chi connectivity index (χ4v) is 2.97. The molecule has 0 saturated carbocycles. The number of phenolic OH excluding ortho intramolecular Hbond substituents is 1. The maximum absolute atomic E-state index is 10.0. The van der Waals surface area contributed by atoms with Crippen molar-refractivity contribution in [3.05, 3.63) is 35.9 Å². The van der Waals surface area contributed by atoms with Gasteiger partial charge in [-0.3, -0.25) is 0 Å². The zero-order valence-electron chi connectivity index (χ0n) is 12.7. The second kappa shape index (κ2) is 6.15. The number of pyridine rings is 1. The lowest BCUT2D eigenvalue weighted by molar-refractivity contribution is 0.477. The number of hydrogen-bond acceptors (Lipinski definition) is 6. The molecule has 0 radical (unpaired) electrons. The van der Waals surface area contributed by atoms with Gasteiger partial charge in [-0.15, -0.1) is 0 Å². The average molecular weight is 309 g/mol. The fourth-order valence-electron chi connectivity index (χ4n) is 2.97. The molecule has 2 heterocycles. The number of rotatable bonds is 2. The maximum atomic E-state index is 10.0. The highest BCUT2D eigenvalue weighted by Gasteiger charge is 2.22. The van der Waals surface area contributed by atoms with Crippen molar-refractivity contribution in [2.24, 2.45) is 5.73 Å². The molecule has 1 unspecified atom stereocenters. The van der Waals surface area contributed by atoms with Gasteiger partial charge in [-0.2, -0.15) is 5.26 Å². The average Bonchev–Trinajstić information content (AvgIpc) is 2.54. The van der Waals surface area contributed by atoms with Crippen LogP contribution < -0.4 is 16.4 Å². The molecule has 1 aliphatic heterocycles. The van der Waals surface area contributed by atoms with E-state index < -0.39 is 0 Å². The molecule has 3 rings (SSSR count). The van der Waals surface area contributed by atoms with Crippen molar-refractivity contribution in [1.29, 1.82) is 5.26 Å². The van der Waals surface area contributed by atoms with E-state index in [2.05, 4.69) is 16.0 Å². The molecule has 0 bridgehead atoms. The second-order valence-electron chi connectivity index (χ2n) is 5.76. The third kappa shape index (κ3) is 2.91. The number of para-hydroxylation sites is 1. The molecule has 5 N–H and O–H groups in total. The standard InChI is InChI=1S/C17H19N5O/c18-9-13-15(22-7-3-4-11(19)10-22)8-14(21-17(13)20)12-5-1-2-6-16(12)23/h1-2,5-6,8,11,23H,3-4,7,10,19H2,(H2,20,21). The molecule has 1 aromatic carbocycles. The molecule has 1 saturated heterocycles. The second-order valence-corrected chi connectivity index (χ2v) is 5.76. The number of aromatic nitrogens is 1. The first kappa shape index (κ1) is 15.1. The van der Waals surface area contributed by atoms with E-state index in [9.17, 15) is 10.4 Å². The number of piperidine rings is 1. The molecule has 6 heteroatoms. The quantitative estimate of drug-likeness (QED) is 0.780. The molecule has 1 aliphatic rings. The van der Waals surface area contributed by atoms with Gasteiger partial charge < -0.3 is 21.5 Å². The van der Waals surface area contributed by atoms with E-state index in [1.807, 2.05) is 12.1 Å². The summed E-state index contributed by atoms with van der Waals surface area (Å²) >= 11 is 0. The van der Waals surface area contributed by atoms with Gasteiger partial charge in [-0.05, 0) is 31.0 Å². The van der Waals surface area contributed by atoms with E-state index >= 15 is 0 Å². The first-order valence-electron chi connectivity index (χ1n) is 7.59. The summed E-state index contributed by atoms with van der Waals surface area (Å²) in [5.41, 5.74) is 14.3. The number of phenols is 1. The minimum absolute atomic E-state index is 0.0817. The molecule has 2 aromatic rings. The molecular formula is C17H19N5O. The van der Waals surface area contributed by atoms with Crippen molar-refractivity contribution in [2.75, 3.05) is 23.7 Å². The predicted octanol–water partition coefficient (Wildman–Crippen LogP) is 1.84. The van der Waals surface area contributed by atoms with Crippen LogP contribution in [0.15, 0.2) is 30.3 Å². The number of nitrogens with two attached hydrogens (primary N) is 2. The number of hydrogen-bond donors (Lipinski definition) is 3. The summed E-state index contributed by atoms with van der Waals surface area (Å²) in [6, 6.07) is 11.0. The van der Waals surface area contributed by atoms with Crippen LogP contribution in [-0.2, 0) is 0 Å². The van der Waals surface area contributed by atoms with Crippen LogP contribution in [0.5, 0.6) is 5.75 Å². The third-order valence-electron chi connectivity index (χ3n) is 4.12. The van der Waals surface area contributed by atoms with Crippen molar-refractivity contribution in [3.63, 3.8) is 0 Å². The Labute approximate surface area is 135 Å². The van der Waals surface area contributed by atoms with Crippen molar-refractivity contribution in [1.82, 2.24) is 4.98 Å². The number of nitriles is 1. The highest BCUT2D eigenvalue weighted by atomic mass is 16.3. The van der Waals surface area contributed by atoms with Crippen LogP contribution in [0, 0.1) is 11.3 Å². The molecule has 1 atom stereocenters. The van der Waals surface area contributed by atoms with Gasteiger partial charge in [0.25, 0.3) is 0 Å². The Morgan fingerprint density at radius 3 is 2.83 bits per heavy atom. The number of nitrogens with zero attached hydrogens (tertiary/aromatic N) is 3. The molecule has 0 spiro atoms. The Morgan fingerprint density at radius 1 is 1.35 bits per heavy atom. The number of aromatic hydroxyl groups is 1. The van der Waals surface area contributed by atoms with Crippen LogP contribution in [-0.4, -0.2) is 29.2 Å². The lowest BCUT2D eigenvalue weighted by atomic mass is 10.0. The highest BCUT2D eigenvalue weighted by molar-refractivity contribution is 5.77. The normalized spacial score (nSPS) is 17.7. The Hall–Kier alpha value is -2.78. The predicted molar refractivity (Wildman–Crippen MR) is 89.9 cm³/mol. The van der Waals surface area contributed by atoms with Gasteiger partial charge in [0.2, 0.25) is 0 Å².